The molecule has 5 heteroatoms. The predicted molar refractivity (Wildman–Crippen MR) is 104 cm³/mol. The van der Waals surface area contributed by atoms with E-state index < -0.39 is 0 Å². The fraction of sp³-hybridized carbons (Fsp3) is 0.524. The summed E-state index contributed by atoms with van der Waals surface area (Å²) >= 11 is 0. The Kier molecular flexibility index (Phi) is 6.09. The molecule has 0 atom stereocenters. The van der Waals surface area contributed by atoms with Gasteiger partial charge in [-0.25, -0.2) is 4.98 Å². The van der Waals surface area contributed by atoms with Gasteiger partial charge in [-0.3, -0.25) is 4.79 Å². The molecule has 0 bridgehead atoms. The summed E-state index contributed by atoms with van der Waals surface area (Å²) in [6, 6.07) is 7.88. The lowest BCUT2D eigenvalue weighted by molar-refractivity contribution is 0.0710. The van der Waals surface area contributed by atoms with Gasteiger partial charge in [0.1, 0.15) is 5.82 Å². The van der Waals surface area contributed by atoms with Crippen LogP contribution in [0.25, 0.3) is 0 Å². The molecule has 2 heterocycles. The molecule has 3 rings (SSSR count). The monoisotopic (exact) mass is 354 g/mol. The first-order valence-corrected chi connectivity index (χ1v) is 9.56. The van der Waals surface area contributed by atoms with Crippen molar-refractivity contribution in [3.63, 3.8) is 0 Å². The molecule has 0 N–H and O–H groups in total. The van der Waals surface area contributed by atoms with Crippen LogP contribution in [0.15, 0.2) is 36.7 Å². The molecule has 1 aliphatic rings. The summed E-state index contributed by atoms with van der Waals surface area (Å²) in [7, 11) is 4.21. The molecular weight excluding hydrogens is 324 g/mol. The number of amides is 1. The van der Waals surface area contributed by atoms with Crippen LogP contribution in [0.5, 0.6) is 0 Å². The number of hydrogen-bond acceptors (Lipinski definition) is 3. The van der Waals surface area contributed by atoms with E-state index in [2.05, 4.69) is 34.7 Å². The van der Waals surface area contributed by atoms with Gasteiger partial charge < -0.3 is 14.4 Å². The minimum atomic E-state index is 0.154. The summed E-state index contributed by atoms with van der Waals surface area (Å²) in [5.41, 5.74) is 1.93. The van der Waals surface area contributed by atoms with Crippen LogP contribution in [0.3, 0.4) is 0 Å². The number of benzene rings is 1. The highest BCUT2D eigenvalue weighted by Crippen LogP contribution is 2.28. The van der Waals surface area contributed by atoms with Crippen LogP contribution in [0, 0.1) is 6.92 Å². The summed E-state index contributed by atoms with van der Waals surface area (Å²) in [6.45, 7) is 5.74. The molecule has 0 aliphatic carbocycles. The van der Waals surface area contributed by atoms with Crippen molar-refractivity contribution >= 4 is 5.91 Å². The van der Waals surface area contributed by atoms with Crippen LogP contribution < -0.4 is 0 Å². The quantitative estimate of drug-likeness (QED) is 0.800. The highest BCUT2D eigenvalue weighted by molar-refractivity contribution is 5.94. The molecule has 5 nitrogen and oxygen atoms in total. The summed E-state index contributed by atoms with van der Waals surface area (Å²) in [5.74, 6) is 1.79. The molecule has 0 saturated carbocycles. The SMILES string of the molecule is Cc1cccc(C(=O)N2CCC(c3nccn3CCCN(C)C)CC2)c1. The predicted octanol–water partition coefficient (Wildman–Crippen LogP) is 3.16. The van der Waals surface area contributed by atoms with Crippen molar-refractivity contribution in [1.82, 2.24) is 19.4 Å². The molecule has 1 fully saturated rings. The van der Waals surface area contributed by atoms with Crippen LogP contribution in [0.2, 0.25) is 0 Å². The van der Waals surface area contributed by atoms with Gasteiger partial charge in [0.15, 0.2) is 0 Å². The number of aromatic nitrogens is 2. The van der Waals surface area contributed by atoms with E-state index in [0.717, 1.165) is 56.6 Å². The van der Waals surface area contributed by atoms with Gasteiger partial charge in [-0.2, -0.15) is 0 Å². The van der Waals surface area contributed by atoms with E-state index in [1.54, 1.807) is 0 Å². The van der Waals surface area contributed by atoms with Crippen molar-refractivity contribution in [2.75, 3.05) is 33.7 Å². The van der Waals surface area contributed by atoms with Crippen molar-refractivity contribution in [2.24, 2.45) is 0 Å². The standard InChI is InChI=1S/C21H30N4O/c1-17-6-4-7-19(16-17)21(26)25-13-8-18(9-14-25)20-22-10-15-24(20)12-5-11-23(2)3/h4,6-7,10,15-16,18H,5,8-9,11-14H2,1-3H3. The lowest BCUT2D eigenvalue weighted by Gasteiger charge is -2.32. The van der Waals surface area contributed by atoms with Crippen LogP contribution in [-0.4, -0.2) is 59.0 Å². The van der Waals surface area contributed by atoms with E-state index in [1.807, 2.05) is 42.3 Å². The Balaban J connectivity index is 1.57. The maximum atomic E-state index is 12.7. The Bertz CT molecular complexity index is 729. The molecule has 0 spiro atoms. The number of imidazole rings is 1. The second kappa shape index (κ2) is 8.49. The topological polar surface area (TPSA) is 41.4 Å². The first kappa shape index (κ1) is 18.6. The van der Waals surface area contributed by atoms with Gasteiger partial charge in [0.25, 0.3) is 5.91 Å². The van der Waals surface area contributed by atoms with Gasteiger partial charge in [-0.05, 0) is 59.0 Å². The maximum Gasteiger partial charge on any atom is 0.253 e. The Hall–Kier alpha value is -2.14. The lowest BCUT2D eigenvalue weighted by Crippen LogP contribution is -2.38. The van der Waals surface area contributed by atoms with Gasteiger partial charge in [0, 0.05) is 43.5 Å². The van der Waals surface area contributed by atoms with Gasteiger partial charge in [0.05, 0.1) is 0 Å². The molecule has 1 aliphatic heterocycles. The first-order valence-electron chi connectivity index (χ1n) is 9.56. The van der Waals surface area contributed by atoms with Crippen molar-refractivity contribution in [3.8, 4) is 0 Å². The molecule has 1 saturated heterocycles. The van der Waals surface area contributed by atoms with E-state index in [1.165, 1.54) is 5.82 Å². The number of rotatable bonds is 6. The third-order valence-electron chi connectivity index (χ3n) is 5.16. The smallest absolute Gasteiger partial charge is 0.253 e. The minimum Gasteiger partial charge on any atom is -0.339 e. The zero-order chi connectivity index (χ0) is 18.5. The molecule has 26 heavy (non-hydrogen) atoms. The third-order valence-corrected chi connectivity index (χ3v) is 5.16. The third kappa shape index (κ3) is 4.52. The average molecular weight is 354 g/mol. The molecule has 1 aromatic carbocycles. The number of piperidine rings is 1. The molecule has 2 aromatic rings. The highest BCUT2D eigenvalue weighted by Gasteiger charge is 2.26. The lowest BCUT2D eigenvalue weighted by atomic mass is 9.95. The Labute approximate surface area is 156 Å². The molecular formula is C21H30N4O. The zero-order valence-corrected chi connectivity index (χ0v) is 16.2. The summed E-state index contributed by atoms with van der Waals surface area (Å²) in [5, 5.41) is 0. The van der Waals surface area contributed by atoms with Crippen molar-refractivity contribution in [2.45, 2.75) is 38.6 Å². The van der Waals surface area contributed by atoms with Gasteiger partial charge in [0.2, 0.25) is 0 Å². The van der Waals surface area contributed by atoms with Gasteiger partial charge >= 0.3 is 0 Å². The van der Waals surface area contributed by atoms with Gasteiger partial charge in [-0.15, -0.1) is 0 Å². The summed E-state index contributed by atoms with van der Waals surface area (Å²) in [6.07, 6.45) is 7.11. The molecule has 1 aromatic heterocycles. The zero-order valence-electron chi connectivity index (χ0n) is 16.2. The summed E-state index contributed by atoms with van der Waals surface area (Å²) < 4.78 is 2.30. The van der Waals surface area contributed by atoms with Crippen LogP contribution in [0.1, 0.15) is 46.9 Å². The fourth-order valence-electron chi connectivity index (χ4n) is 3.73. The van der Waals surface area contributed by atoms with Crippen LogP contribution in [-0.2, 0) is 6.54 Å². The number of likely N-dealkylation sites (tertiary alicyclic amines) is 1. The Morgan fingerprint density at radius 1 is 1.27 bits per heavy atom. The first-order chi connectivity index (χ1) is 12.5. The van der Waals surface area contributed by atoms with E-state index in [9.17, 15) is 4.79 Å². The molecule has 1 amide bonds. The van der Waals surface area contributed by atoms with Gasteiger partial charge in [-0.1, -0.05) is 17.7 Å². The van der Waals surface area contributed by atoms with E-state index >= 15 is 0 Å². The number of hydrogen-bond donors (Lipinski definition) is 0. The van der Waals surface area contributed by atoms with E-state index in [-0.39, 0.29) is 5.91 Å². The average Bonchev–Trinajstić information content (AvgIpc) is 3.09. The minimum absolute atomic E-state index is 0.154. The number of aryl methyl sites for hydroxylation is 2. The van der Waals surface area contributed by atoms with Crippen LogP contribution >= 0.6 is 0 Å². The number of carbonyl (C=O) groups excluding carboxylic acids is 1. The largest absolute Gasteiger partial charge is 0.339 e. The van der Waals surface area contributed by atoms with Crippen LogP contribution in [0.4, 0.5) is 0 Å². The number of carbonyl (C=O) groups is 1. The fourth-order valence-corrected chi connectivity index (χ4v) is 3.73. The number of nitrogens with zero attached hydrogens (tertiary/aromatic N) is 4. The Morgan fingerprint density at radius 2 is 2.04 bits per heavy atom. The molecule has 140 valence electrons. The highest BCUT2D eigenvalue weighted by atomic mass is 16.2. The Morgan fingerprint density at radius 3 is 2.73 bits per heavy atom. The second-order valence-electron chi connectivity index (χ2n) is 7.57. The van der Waals surface area contributed by atoms with E-state index in [0.29, 0.717) is 5.92 Å². The molecule has 0 radical (unpaired) electrons. The second-order valence-corrected chi connectivity index (χ2v) is 7.57. The molecule has 0 unspecified atom stereocenters. The van der Waals surface area contributed by atoms with Crippen molar-refractivity contribution in [3.05, 3.63) is 53.6 Å². The van der Waals surface area contributed by atoms with Crippen molar-refractivity contribution in [1.29, 1.82) is 0 Å². The summed E-state index contributed by atoms with van der Waals surface area (Å²) in [4.78, 5) is 21.5. The van der Waals surface area contributed by atoms with Crippen molar-refractivity contribution < 1.29 is 4.79 Å². The normalized spacial score (nSPS) is 15.6. The maximum absolute atomic E-state index is 12.7. The van der Waals surface area contributed by atoms with E-state index in [4.69, 9.17) is 0 Å².